The van der Waals surface area contributed by atoms with E-state index in [4.69, 9.17) is 0 Å². The summed E-state index contributed by atoms with van der Waals surface area (Å²) in [7, 11) is 0. The molecular formula is C23H26N4O2S. The highest BCUT2D eigenvalue weighted by Gasteiger charge is 2.20. The maximum Gasteiger partial charge on any atom is 0.226 e. The van der Waals surface area contributed by atoms with Gasteiger partial charge in [0, 0.05) is 17.2 Å². The number of aromatic nitrogens is 3. The molecule has 1 unspecified atom stereocenters. The highest BCUT2D eigenvalue weighted by atomic mass is 32.2. The van der Waals surface area contributed by atoms with Gasteiger partial charge in [-0.25, -0.2) is 0 Å². The number of hydrogen-bond acceptors (Lipinski definition) is 5. The van der Waals surface area contributed by atoms with Crippen LogP contribution in [0.3, 0.4) is 0 Å². The third kappa shape index (κ3) is 4.97. The Labute approximate surface area is 181 Å². The van der Waals surface area contributed by atoms with Gasteiger partial charge in [-0.2, -0.15) is 0 Å². The number of thioether (sulfide) groups is 1. The molecule has 1 amide bonds. The van der Waals surface area contributed by atoms with Crippen molar-refractivity contribution in [1.29, 1.82) is 0 Å². The summed E-state index contributed by atoms with van der Waals surface area (Å²) in [6.07, 6.45) is 1.67. The summed E-state index contributed by atoms with van der Waals surface area (Å²) in [5.74, 6) is -0.155. The number of nitrogens with one attached hydrogen (secondary N) is 1. The van der Waals surface area contributed by atoms with E-state index >= 15 is 0 Å². The van der Waals surface area contributed by atoms with Crippen molar-refractivity contribution < 1.29 is 9.59 Å². The van der Waals surface area contributed by atoms with Crippen LogP contribution in [0.1, 0.15) is 42.3 Å². The second kappa shape index (κ2) is 9.26. The average Bonchev–Trinajstić information content (AvgIpc) is 3.15. The van der Waals surface area contributed by atoms with E-state index in [1.807, 2.05) is 44.4 Å². The summed E-state index contributed by atoms with van der Waals surface area (Å²) in [6.45, 7) is 9.64. The lowest BCUT2D eigenvalue weighted by molar-refractivity contribution is -0.118. The van der Waals surface area contributed by atoms with Crippen LogP contribution in [0.2, 0.25) is 0 Å². The molecule has 6 nitrogen and oxygen atoms in total. The first-order valence-corrected chi connectivity index (χ1v) is 10.7. The van der Waals surface area contributed by atoms with Gasteiger partial charge in [-0.15, -0.1) is 10.2 Å². The molecule has 156 valence electrons. The summed E-state index contributed by atoms with van der Waals surface area (Å²) in [6, 6.07) is 13.2. The Morgan fingerprint density at radius 3 is 2.37 bits per heavy atom. The Bertz CT molecular complexity index is 1060. The standard InChI is InChI=1S/C23H26N4O2S/c1-14(2)22(29)25-19-9-7-18(8-10-19)21(28)17(5)30-23-26-24-13-27(23)20-11-6-15(3)12-16(20)4/h6-14,17H,1-5H3,(H,25,29). The Balaban J connectivity index is 1.72. The third-order valence-corrected chi connectivity index (χ3v) is 5.80. The molecule has 1 atom stereocenters. The van der Waals surface area contributed by atoms with E-state index in [0.29, 0.717) is 16.4 Å². The molecule has 0 aliphatic carbocycles. The van der Waals surface area contributed by atoms with Gasteiger partial charge in [0.05, 0.1) is 10.9 Å². The predicted molar refractivity (Wildman–Crippen MR) is 120 cm³/mol. The number of Topliss-reactive ketones (excluding diaryl/α,β-unsaturated/α-hetero) is 1. The van der Waals surface area contributed by atoms with Crippen LogP contribution in [0.25, 0.3) is 5.69 Å². The van der Waals surface area contributed by atoms with Gasteiger partial charge >= 0.3 is 0 Å². The van der Waals surface area contributed by atoms with Gasteiger partial charge in [0.1, 0.15) is 6.33 Å². The van der Waals surface area contributed by atoms with Crippen LogP contribution in [0, 0.1) is 19.8 Å². The number of amides is 1. The Kier molecular flexibility index (Phi) is 6.72. The van der Waals surface area contributed by atoms with Gasteiger partial charge in [0.25, 0.3) is 0 Å². The zero-order chi connectivity index (χ0) is 21.8. The minimum atomic E-state index is -0.338. The van der Waals surface area contributed by atoms with Crippen LogP contribution in [-0.2, 0) is 4.79 Å². The van der Waals surface area contributed by atoms with E-state index < -0.39 is 0 Å². The van der Waals surface area contributed by atoms with Gasteiger partial charge in [-0.05, 0) is 56.7 Å². The Morgan fingerprint density at radius 2 is 1.73 bits per heavy atom. The van der Waals surface area contributed by atoms with E-state index in [-0.39, 0.29) is 22.9 Å². The molecule has 0 radical (unpaired) electrons. The van der Waals surface area contributed by atoms with Crippen LogP contribution in [-0.4, -0.2) is 31.7 Å². The molecule has 3 aromatic rings. The lowest BCUT2D eigenvalue weighted by atomic mass is 10.1. The second-order valence-electron chi connectivity index (χ2n) is 7.62. The van der Waals surface area contributed by atoms with Crippen LogP contribution in [0.15, 0.2) is 53.9 Å². The van der Waals surface area contributed by atoms with E-state index in [1.165, 1.54) is 17.3 Å². The molecule has 3 rings (SSSR count). The van der Waals surface area contributed by atoms with E-state index in [9.17, 15) is 9.59 Å². The number of rotatable bonds is 7. The minimum absolute atomic E-state index is 0.00286. The lowest BCUT2D eigenvalue weighted by Crippen LogP contribution is -2.18. The molecule has 1 aromatic heterocycles. The molecule has 0 bridgehead atoms. The molecule has 1 heterocycles. The fourth-order valence-corrected chi connectivity index (χ4v) is 3.91. The number of aryl methyl sites for hydroxylation is 2. The van der Waals surface area contributed by atoms with E-state index in [1.54, 1.807) is 30.6 Å². The van der Waals surface area contributed by atoms with Gasteiger partial charge in [-0.1, -0.05) is 43.3 Å². The zero-order valence-corrected chi connectivity index (χ0v) is 18.7. The van der Waals surface area contributed by atoms with E-state index in [2.05, 4.69) is 28.5 Å². The molecule has 0 saturated carbocycles. The topological polar surface area (TPSA) is 76.9 Å². The van der Waals surface area contributed by atoms with Crippen LogP contribution < -0.4 is 5.32 Å². The number of nitrogens with zero attached hydrogens (tertiary/aromatic N) is 3. The Hall–Kier alpha value is -2.93. The quantitative estimate of drug-likeness (QED) is 0.435. The molecule has 1 N–H and O–H groups in total. The number of ketones is 1. The van der Waals surface area contributed by atoms with Crippen molar-refractivity contribution >= 4 is 29.1 Å². The lowest BCUT2D eigenvalue weighted by Gasteiger charge is -2.13. The zero-order valence-electron chi connectivity index (χ0n) is 17.8. The predicted octanol–water partition coefficient (Wildman–Crippen LogP) is 4.84. The van der Waals surface area contributed by atoms with Crippen LogP contribution >= 0.6 is 11.8 Å². The fraction of sp³-hybridized carbons (Fsp3) is 0.304. The maximum absolute atomic E-state index is 12.9. The summed E-state index contributed by atoms with van der Waals surface area (Å²) in [5.41, 5.74) is 4.58. The maximum atomic E-state index is 12.9. The van der Waals surface area contributed by atoms with Gasteiger partial charge in [-0.3, -0.25) is 14.2 Å². The van der Waals surface area contributed by atoms with Gasteiger partial charge < -0.3 is 5.32 Å². The highest BCUT2D eigenvalue weighted by molar-refractivity contribution is 8.00. The summed E-state index contributed by atoms with van der Waals surface area (Å²) >= 11 is 1.38. The van der Waals surface area contributed by atoms with Crippen molar-refractivity contribution in [3.8, 4) is 5.69 Å². The number of hydrogen-bond donors (Lipinski definition) is 1. The van der Waals surface area contributed by atoms with Crippen LogP contribution in [0.5, 0.6) is 0 Å². The molecule has 0 aliphatic rings. The largest absolute Gasteiger partial charge is 0.326 e. The van der Waals surface area contributed by atoms with Crippen molar-refractivity contribution in [3.63, 3.8) is 0 Å². The van der Waals surface area contributed by atoms with Crippen LogP contribution in [0.4, 0.5) is 5.69 Å². The first kappa shape index (κ1) is 21.8. The molecular weight excluding hydrogens is 396 g/mol. The van der Waals surface area contributed by atoms with Crippen molar-refractivity contribution in [1.82, 2.24) is 14.8 Å². The first-order valence-electron chi connectivity index (χ1n) is 9.85. The molecule has 30 heavy (non-hydrogen) atoms. The molecule has 0 aliphatic heterocycles. The molecule has 7 heteroatoms. The van der Waals surface area contributed by atoms with Crippen molar-refractivity contribution in [2.24, 2.45) is 5.92 Å². The Morgan fingerprint density at radius 1 is 1.03 bits per heavy atom. The number of anilines is 1. The first-order chi connectivity index (χ1) is 14.3. The van der Waals surface area contributed by atoms with Gasteiger partial charge in [0.15, 0.2) is 10.9 Å². The average molecular weight is 423 g/mol. The van der Waals surface area contributed by atoms with Gasteiger partial charge in [0.2, 0.25) is 5.91 Å². The smallest absolute Gasteiger partial charge is 0.226 e. The van der Waals surface area contributed by atoms with E-state index in [0.717, 1.165) is 11.3 Å². The fourth-order valence-electron chi connectivity index (χ4n) is 3.00. The number of carbonyl (C=O) groups is 2. The molecule has 2 aromatic carbocycles. The number of carbonyl (C=O) groups excluding carboxylic acids is 2. The van der Waals surface area contributed by atoms with Crippen molar-refractivity contribution in [3.05, 3.63) is 65.5 Å². The monoisotopic (exact) mass is 422 g/mol. The number of benzene rings is 2. The normalized spacial score (nSPS) is 12.1. The summed E-state index contributed by atoms with van der Waals surface area (Å²) in [4.78, 5) is 24.7. The second-order valence-corrected chi connectivity index (χ2v) is 8.93. The van der Waals surface area contributed by atoms with Crippen molar-refractivity contribution in [2.75, 3.05) is 5.32 Å². The summed E-state index contributed by atoms with van der Waals surface area (Å²) in [5, 5.41) is 11.4. The SMILES string of the molecule is Cc1ccc(-n2cnnc2SC(C)C(=O)c2ccc(NC(=O)C(C)C)cc2)c(C)c1. The molecule has 0 saturated heterocycles. The molecule has 0 spiro atoms. The highest BCUT2D eigenvalue weighted by Crippen LogP contribution is 2.27. The minimum Gasteiger partial charge on any atom is -0.326 e. The summed E-state index contributed by atoms with van der Waals surface area (Å²) < 4.78 is 1.91. The third-order valence-electron chi connectivity index (χ3n) is 4.74. The van der Waals surface area contributed by atoms with Crippen molar-refractivity contribution in [2.45, 2.75) is 45.0 Å². The molecule has 0 fully saturated rings.